The maximum absolute atomic E-state index is 13.1. The molecule has 4 nitrogen and oxygen atoms in total. The number of imidazole rings is 1. The van der Waals surface area contributed by atoms with Gasteiger partial charge in [0.25, 0.3) is 0 Å². The lowest BCUT2D eigenvalue weighted by molar-refractivity contribution is 0.598. The van der Waals surface area contributed by atoms with Gasteiger partial charge >= 0.3 is 0 Å². The Morgan fingerprint density at radius 3 is 2.28 bits per heavy atom. The molecule has 0 radical (unpaired) electrons. The summed E-state index contributed by atoms with van der Waals surface area (Å²) < 4.78 is 28.2. The normalized spacial score (nSPS) is 13.9. The molecule has 0 saturated heterocycles. The maximum Gasteiger partial charge on any atom is 0.207 e. The van der Waals surface area contributed by atoms with Crippen LogP contribution in [0, 0.1) is 20.8 Å². The van der Waals surface area contributed by atoms with Gasteiger partial charge in [-0.2, -0.15) is 0 Å². The van der Waals surface area contributed by atoms with Crippen LogP contribution in [-0.2, 0) is 9.84 Å². The molecule has 1 aliphatic rings. The van der Waals surface area contributed by atoms with Crippen molar-refractivity contribution in [2.45, 2.75) is 30.6 Å². The van der Waals surface area contributed by atoms with Crippen LogP contribution in [0.25, 0.3) is 28.2 Å². The molecule has 0 unspecified atom stereocenters. The summed E-state index contributed by atoms with van der Waals surface area (Å²) in [4.78, 5) is 5.28. The fourth-order valence-corrected chi connectivity index (χ4v) is 6.11. The zero-order chi connectivity index (χ0) is 20.3. The van der Waals surface area contributed by atoms with Crippen LogP contribution < -0.4 is 0 Å². The van der Waals surface area contributed by atoms with Gasteiger partial charge in [0, 0.05) is 29.1 Å². The molecule has 0 bridgehead atoms. The topological polar surface area (TPSA) is 52.0 Å². The molecule has 0 fully saturated rings. The number of benzene rings is 3. The van der Waals surface area contributed by atoms with E-state index in [2.05, 4.69) is 37.9 Å². The van der Waals surface area contributed by atoms with E-state index < -0.39 is 9.84 Å². The fourth-order valence-electron chi connectivity index (χ4n) is 4.40. The van der Waals surface area contributed by atoms with Crippen molar-refractivity contribution in [1.82, 2.24) is 9.55 Å². The Bertz CT molecular complexity index is 1380. The van der Waals surface area contributed by atoms with Crippen molar-refractivity contribution in [3.63, 3.8) is 0 Å². The summed E-state index contributed by atoms with van der Waals surface area (Å²) in [6.45, 7) is 6.26. The predicted octanol–water partition coefficient (Wildman–Crippen LogP) is 5.28. The quantitative estimate of drug-likeness (QED) is 0.405. The van der Waals surface area contributed by atoms with Crippen molar-refractivity contribution < 1.29 is 8.42 Å². The number of hydrogen-bond acceptors (Lipinski definition) is 3. The number of aromatic nitrogens is 2. The van der Waals surface area contributed by atoms with Crippen molar-refractivity contribution in [1.29, 1.82) is 0 Å². The Morgan fingerprint density at radius 1 is 0.828 bits per heavy atom. The highest BCUT2D eigenvalue weighted by Crippen LogP contribution is 2.44. The van der Waals surface area contributed by atoms with Crippen molar-refractivity contribution in [3.05, 3.63) is 83.7 Å². The minimum atomic E-state index is -3.51. The van der Waals surface area contributed by atoms with Gasteiger partial charge in [-0.05, 0) is 44.0 Å². The smallest absolute Gasteiger partial charge is 0.207 e. The molecular formula is C24H20N2O2S. The number of fused-ring (bicyclic) bond motifs is 3. The van der Waals surface area contributed by atoms with Crippen LogP contribution in [0.5, 0.6) is 0 Å². The van der Waals surface area contributed by atoms with E-state index in [0.29, 0.717) is 9.79 Å². The third kappa shape index (κ3) is 2.58. The highest BCUT2D eigenvalue weighted by Gasteiger charge is 2.33. The van der Waals surface area contributed by atoms with E-state index in [1.807, 2.05) is 35.0 Å². The number of aryl methyl sites for hydroxylation is 3. The van der Waals surface area contributed by atoms with E-state index in [0.717, 1.165) is 39.3 Å². The van der Waals surface area contributed by atoms with Gasteiger partial charge in [0.1, 0.15) is 5.82 Å². The first-order valence-corrected chi connectivity index (χ1v) is 11.0. The number of hydrogen-bond donors (Lipinski definition) is 0. The lowest BCUT2D eigenvalue weighted by Crippen LogP contribution is -2.03. The van der Waals surface area contributed by atoms with Gasteiger partial charge in [0.05, 0.1) is 15.5 Å². The maximum atomic E-state index is 13.1. The summed E-state index contributed by atoms with van der Waals surface area (Å²) in [6.07, 6.45) is 3.68. The average molecular weight is 401 g/mol. The van der Waals surface area contributed by atoms with Crippen LogP contribution in [0.15, 0.2) is 76.8 Å². The Morgan fingerprint density at radius 2 is 1.52 bits per heavy atom. The first kappa shape index (κ1) is 17.9. The highest BCUT2D eigenvalue weighted by atomic mass is 32.2. The first-order chi connectivity index (χ1) is 13.9. The Kier molecular flexibility index (Phi) is 3.80. The van der Waals surface area contributed by atoms with E-state index in [1.54, 1.807) is 24.4 Å². The molecule has 0 amide bonds. The average Bonchev–Trinajstić information content (AvgIpc) is 3.23. The zero-order valence-electron chi connectivity index (χ0n) is 16.5. The first-order valence-electron chi connectivity index (χ1n) is 9.48. The predicted molar refractivity (Wildman–Crippen MR) is 114 cm³/mol. The highest BCUT2D eigenvalue weighted by molar-refractivity contribution is 7.92. The van der Waals surface area contributed by atoms with Crippen LogP contribution in [0.2, 0.25) is 0 Å². The molecule has 4 aromatic rings. The van der Waals surface area contributed by atoms with Crippen LogP contribution >= 0.6 is 0 Å². The van der Waals surface area contributed by atoms with E-state index in [-0.39, 0.29) is 0 Å². The molecule has 144 valence electrons. The Hall–Kier alpha value is -3.18. The van der Waals surface area contributed by atoms with Crippen molar-refractivity contribution in [2.24, 2.45) is 0 Å². The molecule has 3 aromatic carbocycles. The van der Waals surface area contributed by atoms with Gasteiger partial charge in [-0.3, -0.25) is 4.57 Å². The summed E-state index contributed by atoms with van der Waals surface area (Å²) in [5.74, 6) is 0.731. The molecule has 0 aliphatic carbocycles. The van der Waals surface area contributed by atoms with Gasteiger partial charge in [-0.25, -0.2) is 13.4 Å². The zero-order valence-corrected chi connectivity index (χ0v) is 17.3. The standard InChI is InChI=1S/C24H20N2O2S/c1-15-12-16(2)23(17(3)13-15)26-11-10-25-24(26)18-8-9-20-19-6-4-5-7-21(19)29(27,28)22(20)14-18/h4-14H,1-3H3. The Labute approximate surface area is 170 Å². The SMILES string of the molecule is Cc1cc(C)c(-n2ccnc2-c2ccc3c(c2)S(=O)(=O)c2ccccc2-3)c(C)c1. The van der Waals surface area contributed by atoms with Crippen molar-refractivity contribution >= 4 is 9.84 Å². The largest absolute Gasteiger partial charge is 0.299 e. The molecule has 1 aromatic heterocycles. The Balaban J connectivity index is 1.71. The van der Waals surface area contributed by atoms with E-state index in [4.69, 9.17) is 0 Å². The summed E-state index contributed by atoms with van der Waals surface area (Å²) in [6, 6.07) is 17.1. The van der Waals surface area contributed by atoms with Gasteiger partial charge in [0.15, 0.2) is 0 Å². The van der Waals surface area contributed by atoms with Crippen LogP contribution in [0.1, 0.15) is 16.7 Å². The minimum Gasteiger partial charge on any atom is -0.299 e. The molecule has 5 rings (SSSR count). The van der Waals surface area contributed by atoms with E-state index in [9.17, 15) is 8.42 Å². The third-order valence-electron chi connectivity index (χ3n) is 5.51. The van der Waals surface area contributed by atoms with E-state index >= 15 is 0 Å². The van der Waals surface area contributed by atoms with Crippen LogP contribution in [0.4, 0.5) is 0 Å². The summed E-state index contributed by atoms with van der Waals surface area (Å²) >= 11 is 0. The number of nitrogens with zero attached hydrogens (tertiary/aromatic N) is 2. The number of sulfone groups is 1. The molecule has 29 heavy (non-hydrogen) atoms. The molecular weight excluding hydrogens is 380 g/mol. The fraction of sp³-hybridized carbons (Fsp3) is 0.125. The molecule has 1 aliphatic heterocycles. The second-order valence-corrected chi connectivity index (χ2v) is 9.47. The second kappa shape index (κ2) is 6.16. The van der Waals surface area contributed by atoms with Crippen molar-refractivity contribution in [3.8, 4) is 28.2 Å². The van der Waals surface area contributed by atoms with Gasteiger partial charge in [0.2, 0.25) is 9.84 Å². The summed E-state index contributed by atoms with van der Waals surface area (Å²) in [5.41, 5.74) is 6.91. The van der Waals surface area contributed by atoms with Gasteiger partial charge in [-0.15, -0.1) is 0 Å². The molecule has 0 saturated carbocycles. The lowest BCUT2D eigenvalue weighted by Gasteiger charge is -2.15. The minimum absolute atomic E-state index is 0.350. The van der Waals surface area contributed by atoms with E-state index in [1.165, 1.54) is 5.56 Å². The van der Waals surface area contributed by atoms with Crippen LogP contribution in [-0.4, -0.2) is 18.0 Å². The van der Waals surface area contributed by atoms with Gasteiger partial charge in [-0.1, -0.05) is 48.0 Å². The van der Waals surface area contributed by atoms with Gasteiger partial charge < -0.3 is 0 Å². The summed E-state index contributed by atoms with van der Waals surface area (Å²) in [5, 5.41) is 0. The molecule has 0 N–H and O–H groups in total. The lowest BCUT2D eigenvalue weighted by atomic mass is 10.0. The number of rotatable bonds is 2. The molecule has 0 spiro atoms. The second-order valence-electron chi connectivity index (χ2n) is 7.58. The molecule has 5 heteroatoms. The summed E-state index contributed by atoms with van der Waals surface area (Å²) in [7, 11) is -3.51. The van der Waals surface area contributed by atoms with Crippen LogP contribution in [0.3, 0.4) is 0 Å². The molecule has 0 atom stereocenters. The third-order valence-corrected chi connectivity index (χ3v) is 7.36. The van der Waals surface area contributed by atoms with Crippen molar-refractivity contribution in [2.75, 3.05) is 0 Å². The molecule has 2 heterocycles. The monoisotopic (exact) mass is 400 g/mol.